The number of rotatable bonds is 4. The molecule has 0 amide bonds. The summed E-state index contributed by atoms with van der Waals surface area (Å²) in [5, 5.41) is 3.65. The van der Waals surface area contributed by atoms with E-state index in [1.54, 1.807) is 24.9 Å². The Morgan fingerprint density at radius 3 is 2.83 bits per heavy atom. The standard InChI is InChI=1S/C17H13ClN6/c18-13-10-21-17(20-9-12-4-3-7-19-8-12)23-16(13)24-11-22-14-5-1-2-6-15(14)24/h1-8,10-11H,9H2,(H,20,21,23). The first-order valence-corrected chi connectivity index (χ1v) is 7.77. The lowest BCUT2D eigenvalue weighted by Gasteiger charge is -2.09. The van der Waals surface area contributed by atoms with Crippen LogP contribution in [0.15, 0.2) is 61.3 Å². The van der Waals surface area contributed by atoms with Gasteiger partial charge in [0.15, 0.2) is 5.82 Å². The third-order valence-electron chi connectivity index (χ3n) is 3.58. The summed E-state index contributed by atoms with van der Waals surface area (Å²) >= 11 is 6.29. The minimum absolute atomic E-state index is 0.463. The molecule has 4 aromatic rings. The molecule has 0 saturated heterocycles. The van der Waals surface area contributed by atoms with E-state index < -0.39 is 0 Å². The number of hydrogen-bond donors (Lipinski definition) is 1. The van der Waals surface area contributed by atoms with Gasteiger partial charge in [-0.3, -0.25) is 9.55 Å². The average molecular weight is 337 g/mol. The molecular weight excluding hydrogens is 324 g/mol. The van der Waals surface area contributed by atoms with E-state index in [9.17, 15) is 0 Å². The molecule has 1 aromatic carbocycles. The number of pyridine rings is 1. The number of nitrogens with one attached hydrogen (secondary N) is 1. The molecule has 4 rings (SSSR count). The topological polar surface area (TPSA) is 68.5 Å². The summed E-state index contributed by atoms with van der Waals surface area (Å²) in [4.78, 5) is 17.2. The van der Waals surface area contributed by atoms with Crippen LogP contribution in [0, 0.1) is 0 Å². The first kappa shape index (κ1) is 14.6. The highest BCUT2D eigenvalue weighted by molar-refractivity contribution is 6.32. The van der Waals surface area contributed by atoms with E-state index in [2.05, 4.69) is 25.3 Å². The van der Waals surface area contributed by atoms with Crippen molar-refractivity contribution in [2.75, 3.05) is 5.32 Å². The highest BCUT2D eigenvalue weighted by atomic mass is 35.5. The van der Waals surface area contributed by atoms with E-state index in [4.69, 9.17) is 11.6 Å². The van der Waals surface area contributed by atoms with E-state index in [-0.39, 0.29) is 0 Å². The SMILES string of the molecule is Clc1cnc(NCc2cccnc2)nc1-n1cnc2ccccc21. The van der Waals surface area contributed by atoms with Crippen molar-refractivity contribution >= 4 is 28.6 Å². The van der Waals surface area contributed by atoms with Crippen molar-refractivity contribution in [3.05, 3.63) is 71.9 Å². The van der Waals surface area contributed by atoms with Crippen molar-refractivity contribution in [2.45, 2.75) is 6.54 Å². The molecule has 0 spiro atoms. The highest BCUT2D eigenvalue weighted by Crippen LogP contribution is 2.23. The molecule has 0 bridgehead atoms. The van der Waals surface area contributed by atoms with Crippen LogP contribution in [0.25, 0.3) is 16.9 Å². The Hall–Kier alpha value is -2.99. The molecule has 0 fully saturated rings. The number of hydrogen-bond acceptors (Lipinski definition) is 5. The van der Waals surface area contributed by atoms with Gasteiger partial charge in [-0.1, -0.05) is 29.8 Å². The van der Waals surface area contributed by atoms with Crippen molar-refractivity contribution < 1.29 is 0 Å². The smallest absolute Gasteiger partial charge is 0.224 e. The second-order valence-electron chi connectivity index (χ2n) is 5.18. The summed E-state index contributed by atoms with van der Waals surface area (Å²) in [6.45, 7) is 0.583. The Bertz CT molecular complexity index is 983. The quantitative estimate of drug-likeness (QED) is 0.618. The van der Waals surface area contributed by atoms with Gasteiger partial charge >= 0.3 is 0 Å². The number of benzene rings is 1. The zero-order valence-electron chi connectivity index (χ0n) is 12.6. The van der Waals surface area contributed by atoms with Crippen LogP contribution in [0.1, 0.15) is 5.56 Å². The molecule has 3 aromatic heterocycles. The third kappa shape index (κ3) is 2.79. The Morgan fingerprint density at radius 2 is 1.96 bits per heavy atom. The van der Waals surface area contributed by atoms with E-state index in [0.29, 0.717) is 23.3 Å². The normalized spacial score (nSPS) is 10.9. The van der Waals surface area contributed by atoms with E-state index in [1.165, 1.54) is 0 Å². The summed E-state index contributed by atoms with van der Waals surface area (Å²) in [5.74, 6) is 1.09. The van der Waals surface area contributed by atoms with Gasteiger partial charge in [0.2, 0.25) is 5.95 Å². The number of para-hydroxylation sites is 2. The molecule has 24 heavy (non-hydrogen) atoms. The number of imidazole rings is 1. The Kier molecular flexibility index (Phi) is 3.80. The van der Waals surface area contributed by atoms with Gasteiger partial charge in [-0.05, 0) is 23.8 Å². The van der Waals surface area contributed by atoms with Crippen molar-refractivity contribution in [3.63, 3.8) is 0 Å². The fourth-order valence-corrected chi connectivity index (χ4v) is 2.61. The Balaban J connectivity index is 1.66. The lowest BCUT2D eigenvalue weighted by atomic mass is 10.3. The number of fused-ring (bicyclic) bond motifs is 1. The maximum absolute atomic E-state index is 6.29. The highest BCUT2D eigenvalue weighted by Gasteiger charge is 2.11. The van der Waals surface area contributed by atoms with Crippen LogP contribution in [0.5, 0.6) is 0 Å². The summed E-state index contributed by atoms with van der Waals surface area (Å²) in [5.41, 5.74) is 2.87. The van der Waals surface area contributed by atoms with Crippen molar-refractivity contribution in [2.24, 2.45) is 0 Å². The molecule has 0 saturated carbocycles. The maximum atomic E-state index is 6.29. The van der Waals surface area contributed by atoms with Crippen LogP contribution in [-0.4, -0.2) is 24.5 Å². The first-order valence-electron chi connectivity index (χ1n) is 7.39. The van der Waals surface area contributed by atoms with Crippen LogP contribution >= 0.6 is 11.6 Å². The van der Waals surface area contributed by atoms with Gasteiger partial charge in [0.05, 0.1) is 17.2 Å². The van der Waals surface area contributed by atoms with Crippen LogP contribution in [0.2, 0.25) is 5.02 Å². The zero-order chi connectivity index (χ0) is 16.4. The largest absolute Gasteiger partial charge is 0.350 e. The zero-order valence-corrected chi connectivity index (χ0v) is 13.4. The van der Waals surface area contributed by atoms with Crippen LogP contribution < -0.4 is 5.32 Å². The minimum atomic E-state index is 0.463. The molecule has 3 heterocycles. The number of aromatic nitrogens is 5. The van der Waals surface area contributed by atoms with Gasteiger partial charge in [-0.25, -0.2) is 9.97 Å². The van der Waals surface area contributed by atoms with Crippen molar-refractivity contribution in [1.82, 2.24) is 24.5 Å². The first-order chi connectivity index (χ1) is 11.8. The average Bonchev–Trinajstić information content (AvgIpc) is 3.06. The minimum Gasteiger partial charge on any atom is -0.350 e. The molecule has 118 valence electrons. The Morgan fingerprint density at radius 1 is 1.04 bits per heavy atom. The lowest BCUT2D eigenvalue weighted by molar-refractivity contribution is 0.974. The fraction of sp³-hybridized carbons (Fsp3) is 0.0588. The second kappa shape index (κ2) is 6.25. The molecule has 0 aliphatic heterocycles. The molecule has 0 atom stereocenters. The predicted octanol–water partition coefficient (Wildman–Crippen LogP) is 3.48. The third-order valence-corrected chi connectivity index (χ3v) is 3.85. The molecule has 0 aliphatic carbocycles. The van der Waals surface area contributed by atoms with Crippen LogP contribution in [0.3, 0.4) is 0 Å². The van der Waals surface area contributed by atoms with Crippen molar-refractivity contribution in [3.8, 4) is 5.82 Å². The predicted molar refractivity (Wildman–Crippen MR) is 93.2 cm³/mol. The summed E-state index contributed by atoms with van der Waals surface area (Å²) in [6.07, 6.45) is 6.84. The molecule has 0 unspecified atom stereocenters. The van der Waals surface area contributed by atoms with Gasteiger partial charge in [0.1, 0.15) is 11.3 Å². The van der Waals surface area contributed by atoms with Gasteiger partial charge in [-0.2, -0.15) is 4.98 Å². The van der Waals surface area contributed by atoms with Gasteiger partial charge in [-0.15, -0.1) is 0 Å². The van der Waals surface area contributed by atoms with Gasteiger partial charge < -0.3 is 5.32 Å². The monoisotopic (exact) mass is 336 g/mol. The summed E-state index contributed by atoms with van der Waals surface area (Å²) in [6, 6.07) is 11.7. The Labute approximate surface area is 143 Å². The molecule has 7 heteroatoms. The summed E-state index contributed by atoms with van der Waals surface area (Å²) in [7, 11) is 0. The maximum Gasteiger partial charge on any atom is 0.224 e. The lowest BCUT2D eigenvalue weighted by Crippen LogP contribution is -2.07. The molecular formula is C17H13ClN6. The van der Waals surface area contributed by atoms with Crippen LogP contribution in [-0.2, 0) is 6.54 Å². The number of nitrogens with zero attached hydrogens (tertiary/aromatic N) is 5. The molecule has 0 radical (unpaired) electrons. The molecule has 6 nitrogen and oxygen atoms in total. The number of halogens is 1. The number of anilines is 1. The van der Waals surface area contributed by atoms with E-state index >= 15 is 0 Å². The second-order valence-corrected chi connectivity index (χ2v) is 5.59. The van der Waals surface area contributed by atoms with E-state index in [1.807, 2.05) is 41.0 Å². The molecule has 0 aliphatic rings. The van der Waals surface area contributed by atoms with Gasteiger partial charge in [0, 0.05) is 18.9 Å². The molecule has 1 N–H and O–H groups in total. The van der Waals surface area contributed by atoms with Crippen LogP contribution in [0.4, 0.5) is 5.95 Å². The van der Waals surface area contributed by atoms with Gasteiger partial charge in [0.25, 0.3) is 0 Å². The fourth-order valence-electron chi connectivity index (χ4n) is 2.42. The van der Waals surface area contributed by atoms with Crippen molar-refractivity contribution in [1.29, 1.82) is 0 Å². The summed E-state index contributed by atoms with van der Waals surface area (Å²) < 4.78 is 1.86. The van der Waals surface area contributed by atoms with E-state index in [0.717, 1.165) is 16.6 Å².